The fraction of sp³-hybridized carbons (Fsp3) is 0.278. The molecule has 1 aliphatic heterocycles. The Bertz CT molecular complexity index is 1160. The Morgan fingerprint density at radius 1 is 1.34 bits per heavy atom. The predicted octanol–water partition coefficient (Wildman–Crippen LogP) is 3.58. The molecule has 2 bridgehead atoms. The predicted molar refractivity (Wildman–Crippen MR) is 115 cm³/mol. The molecule has 150 valence electrons. The number of hydrogen-bond acceptors (Lipinski definition) is 8. The quantitative estimate of drug-likeness (QED) is 0.542. The van der Waals surface area contributed by atoms with Crippen molar-refractivity contribution in [1.29, 1.82) is 0 Å². The summed E-state index contributed by atoms with van der Waals surface area (Å²) in [7, 11) is 0. The average Bonchev–Trinajstić information content (AvgIpc) is 3.00. The van der Waals surface area contributed by atoms with E-state index in [1.807, 2.05) is 19.9 Å². The summed E-state index contributed by atoms with van der Waals surface area (Å²) >= 11 is 9.70. The molecule has 9 nitrogen and oxygen atoms in total. The van der Waals surface area contributed by atoms with E-state index in [2.05, 4.69) is 46.3 Å². The molecule has 0 fully saturated rings. The topological polar surface area (TPSA) is 116 Å². The zero-order chi connectivity index (χ0) is 20.5. The van der Waals surface area contributed by atoms with Gasteiger partial charge in [-0.25, -0.2) is 14.7 Å². The maximum absolute atomic E-state index is 6.20. The average molecular weight is 478 g/mol. The standard InChI is InChI=1S/C18H18BrClN8O/c1-9-6-12(10(2)22-7-9)24-14(19)13-16(21)29-5-3-4-28-17-11(15(20)27-28)8-23-18(25-13)26-17/h6-8H,3-5,21H2,1-2H3,(H,23,25,26)/b16-13-,24-14?. The van der Waals surface area contributed by atoms with Crippen molar-refractivity contribution in [1.82, 2.24) is 24.7 Å². The van der Waals surface area contributed by atoms with Gasteiger partial charge in [-0.1, -0.05) is 11.6 Å². The first-order valence-corrected chi connectivity index (χ1v) is 10.1. The second-order valence-electron chi connectivity index (χ2n) is 6.53. The van der Waals surface area contributed by atoms with Crippen LogP contribution in [-0.4, -0.2) is 36.0 Å². The largest absolute Gasteiger partial charge is 0.478 e. The SMILES string of the molecule is Cc1cnc(C)c(N=C(Br)/C2=C(\N)OCCCn3nc(Cl)c4cnc(nc43)N2)c1. The van der Waals surface area contributed by atoms with Gasteiger partial charge in [0.15, 0.2) is 10.8 Å². The van der Waals surface area contributed by atoms with Crippen molar-refractivity contribution in [3.8, 4) is 0 Å². The molecule has 0 spiro atoms. The highest BCUT2D eigenvalue weighted by molar-refractivity contribution is 9.18. The van der Waals surface area contributed by atoms with Crippen LogP contribution in [0.3, 0.4) is 0 Å². The summed E-state index contributed by atoms with van der Waals surface area (Å²) < 4.78 is 7.90. The van der Waals surface area contributed by atoms with E-state index in [0.717, 1.165) is 16.9 Å². The summed E-state index contributed by atoms with van der Waals surface area (Å²) in [6.45, 7) is 4.83. The van der Waals surface area contributed by atoms with Crippen LogP contribution in [0.1, 0.15) is 17.7 Å². The molecule has 0 radical (unpaired) electrons. The van der Waals surface area contributed by atoms with Crippen molar-refractivity contribution in [2.24, 2.45) is 10.7 Å². The van der Waals surface area contributed by atoms with Gasteiger partial charge in [-0.15, -0.1) is 0 Å². The fourth-order valence-corrected chi connectivity index (χ4v) is 3.54. The highest BCUT2D eigenvalue weighted by Gasteiger charge is 2.18. The van der Waals surface area contributed by atoms with Gasteiger partial charge in [-0.3, -0.25) is 4.98 Å². The summed E-state index contributed by atoms with van der Waals surface area (Å²) in [5, 5.41) is 8.47. The molecule has 0 unspecified atom stereocenters. The number of rotatable bonds is 2. The van der Waals surface area contributed by atoms with Crippen molar-refractivity contribution < 1.29 is 4.74 Å². The highest BCUT2D eigenvalue weighted by Crippen LogP contribution is 2.25. The molecule has 0 amide bonds. The first kappa shape index (κ1) is 19.6. The van der Waals surface area contributed by atoms with Gasteiger partial charge in [0.05, 0.1) is 23.4 Å². The minimum absolute atomic E-state index is 0.181. The van der Waals surface area contributed by atoms with Crippen LogP contribution in [0.15, 0.2) is 35.0 Å². The van der Waals surface area contributed by atoms with E-state index in [-0.39, 0.29) is 5.88 Å². The number of nitrogens with one attached hydrogen (secondary N) is 1. The Morgan fingerprint density at radius 2 is 2.17 bits per heavy atom. The van der Waals surface area contributed by atoms with Crippen molar-refractivity contribution in [3.63, 3.8) is 0 Å². The normalized spacial score (nSPS) is 17.7. The summed E-state index contributed by atoms with van der Waals surface area (Å²) in [6.07, 6.45) is 4.10. The Kier molecular flexibility index (Phi) is 5.37. The molecule has 1 aliphatic rings. The second-order valence-corrected chi connectivity index (χ2v) is 7.64. The number of anilines is 1. The van der Waals surface area contributed by atoms with Crippen molar-refractivity contribution in [3.05, 3.63) is 46.5 Å². The van der Waals surface area contributed by atoms with E-state index in [0.29, 0.717) is 52.0 Å². The van der Waals surface area contributed by atoms with E-state index >= 15 is 0 Å². The summed E-state index contributed by atoms with van der Waals surface area (Å²) in [5.41, 5.74) is 9.77. The number of ether oxygens (including phenoxy) is 1. The van der Waals surface area contributed by atoms with Crippen molar-refractivity contribution in [2.75, 3.05) is 11.9 Å². The molecule has 3 aromatic heterocycles. The lowest BCUT2D eigenvalue weighted by atomic mass is 10.2. The molecule has 3 aromatic rings. The fourth-order valence-electron chi connectivity index (χ4n) is 2.83. The minimum atomic E-state index is 0.181. The number of halogens is 2. The molecule has 3 N–H and O–H groups in total. The number of aryl methyl sites for hydroxylation is 3. The molecule has 0 aliphatic carbocycles. The molecule has 0 saturated heterocycles. The summed E-state index contributed by atoms with van der Waals surface area (Å²) in [5.74, 6) is 0.505. The van der Waals surface area contributed by atoms with E-state index in [9.17, 15) is 0 Å². The zero-order valence-electron chi connectivity index (χ0n) is 15.8. The number of fused-ring (bicyclic) bond motifs is 1. The first-order chi connectivity index (χ1) is 13.9. The molecule has 0 atom stereocenters. The minimum Gasteiger partial charge on any atom is -0.478 e. The van der Waals surface area contributed by atoms with Gasteiger partial charge in [0, 0.05) is 25.4 Å². The summed E-state index contributed by atoms with van der Waals surface area (Å²) in [6, 6.07) is 1.94. The van der Waals surface area contributed by atoms with E-state index < -0.39 is 0 Å². The molecular formula is C18H18BrClN8O. The van der Waals surface area contributed by atoms with Crippen LogP contribution in [0, 0.1) is 13.8 Å². The highest BCUT2D eigenvalue weighted by atomic mass is 79.9. The molecule has 0 aromatic carbocycles. The molecule has 4 rings (SSSR count). The lowest BCUT2D eigenvalue weighted by Gasteiger charge is -2.13. The van der Waals surface area contributed by atoms with Crippen LogP contribution < -0.4 is 11.1 Å². The van der Waals surface area contributed by atoms with Crippen LogP contribution in [0.4, 0.5) is 11.6 Å². The van der Waals surface area contributed by atoms with Gasteiger partial charge < -0.3 is 15.8 Å². The zero-order valence-corrected chi connectivity index (χ0v) is 18.1. The number of allylic oxidation sites excluding steroid dienone is 1. The maximum atomic E-state index is 6.20. The monoisotopic (exact) mass is 476 g/mol. The number of hydrogen-bond donors (Lipinski definition) is 2. The molecule has 11 heteroatoms. The van der Waals surface area contributed by atoms with Crippen LogP contribution >= 0.6 is 27.5 Å². The third-order valence-corrected chi connectivity index (χ3v) is 5.17. The van der Waals surface area contributed by atoms with E-state index in [1.165, 1.54) is 0 Å². The lowest BCUT2D eigenvalue weighted by Crippen LogP contribution is -2.18. The second kappa shape index (κ2) is 7.96. The Labute approximate surface area is 180 Å². The van der Waals surface area contributed by atoms with E-state index in [4.69, 9.17) is 22.1 Å². The lowest BCUT2D eigenvalue weighted by molar-refractivity contribution is 0.198. The smallest absolute Gasteiger partial charge is 0.229 e. The number of pyridine rings is 1. The molecule has 0 saturated carbocycles. The van der Waals surface area contributed by atoms with Gasteiger partial charge in [0.25, 0.3) is 0 Å². The summed E-state index contributed by atoms with van der Waals surface area (Å²) in [4.78, 5) is 17.8. The van der Waals surface area contributed by atoms with Crippen LogP contribution in [0.5, 0.6) is 0 Å². The Balaban J connectivity index is 1.78. The van der Waals surface area contributed by atoms with Crippen LogP contribution in [-0.2, 0) is 11.3 Å². The molecule has 29 heavy (non-hydrogen) atoms. The number of aliphatic imine (C=N–C) groups is 1. The van der Waals surface area contributed by atoms with Gasteiger partial charge >= 0.3 is 0 Å². The van der Waals surface area contributed by atoms with Gasteiger partial charge in [0.2, 0.25) is 11.8 Å². The van der Waals surface area contributed by atoms with Crippen LogP contribution in [0.25, 0.3) is 11.0 Å². The molecule has 4 heterocycles. The number of nitrogens with two attached hydrogens (primary N) is 1. The number of nitrogens with zero attached hydrogens (tertiary/aromatic N) is 6. The van der Waals surface area contributed by atoms with E-state index in [1.54, 1.807) is 17.1 Å². The third-order valence-electron chi connectivity index (χ3n) is 4.32. The Hall–Kier alpha value is -2.72. The Morgan fingerprint density at radius 3 is 3.00 bits per heavy atom. The molecular weight excluding hydrogens is 460 g/mol. The van der Waals surface area contributed by atoms with Crippen molar-refractivity contribution in [2.45, 2.75) is 26.8 Å². The van der Waals surface area contributed by atoms with Crippen molar-refractivity contribution >= 4 is 54.8 Å². The van der Waals surface area contributed by atoms with Crippen LogP contribution in [0.2, 0.25) is 5.15 Å². The first-order valence-electron chi connectivity index (χ1n) is 8.89. The number of aromatic nitrogens is 5. The van der Waals surface area contributed by atoms with Gasteiger partial charge in [-0.05, 0) is 41.4 Å². The van der Waals surface area contributed by atoms with Gasteiger partial charge in [0.1, 0.15) is 10.3 Å². The van der Waals surface area contributed by atoms with Gasteiger partial charge in [-0.2, -0.15) is 10.1 Å². The third kappa shape index (κ3) is 4.03. The maximum Gasteiger partial charge on any atom is 0.229 e.